The predicted octanol–water partition coefficient (Wildman–Crippen LogP) is 15.7. The van der Waals surface area contributed by atoms with E-state index in [0.717, 1.165) is 65.6 Å². The molecule has 10 nitrogen and oxygen atoms in total. The zero-order valence-corrected chi connectivity index (χ0v) is 48.1. The Hall–Kier alpha value is -6.10. The van der Waals surface area contributed by atoms with Crippen LogP contribution in [0.3, 0.4) is 0 Å². The minimum Gasteiger partial charge on any atom is -0.437 e. The van der Waals surface area contributed by atoms with Crippen LogP contribution in [0.1, 0.15) is 92.0 Å². The lowest BCUT2D eigenvalue weighted by Gasteiger charge is -2.39. The molecule has 0 unspecified atom stereocenters. The normalized spacial score (nSPS) is 12.2. The summed E-state index contributed by atoms with van der Waals surface area (Å²) in [4.78, 5) is 37.1. The topological polar surface area (TPSA) is 116 Å². The number of hydrogen-bond donors (Lipinski definition) is 0. The van der Waals surface area contributed by atoms with Crippen LogP contribution < -0.4 is 23.7 Å². The second kappa shape index (κ2) is 23.8. The van der Waals surface area contributed by atoms with Crippen molar-refractivity contribution in [2.24, 2.45) is 0 Å². The molecule has 0 aromatic heterocycles. The van der Waals surface area contributed by atoms with Crippen LogP contribution in [0.4, 0.5) is 9.59 Å². The van der Waals surface area contributed by atoms with Gasteiger partial charge >= 0.3 is 26.8 Å². The predicted molar refractivity (Wildman–Crippen MR) is 298 cm³/mol. The molecule has 0 atom stereocenters. The van der Waals surface area contributed by atoms with Crippen LogP contribution >= 0.6 is 0 Å². The molecule has 13 heteroatoms. The van der Waals surface area contributed by atoms with Gasteiger partial charge in [-0.05, 0) is 184 Å². The Balaban J connectivity index is 0.918. The lowest BCUT2D eigenvalue weighted by atomic mass is 9.78. The molecule has 0 N–H and O–H groups in total. The third kappa shape index (κ3) is 16.4. The smallest absolute Gasteiger partial charge is 0.437 e. The Morgan fingerprint density at radius 3 is 1.14 bits per heavy atom. The van der Waals surface area contributed by atoms with Gasteiger partial charge in [-0.1, -0.05) is 119 Å². The van der Waals surface area contributed by atoms with Gasteiger partial charge in [-0.15, -0.1) is 0 Å². The maximum atomic E-state index is 13.0. The fraction of sp³-hybridized carbons (Fsp3) is 0.350. The lowest BCUT2D eigenvalue weighted by Crippen LogP contribution is -2.52. The summed E-state index contributed by atoms with van der Waals surface area (Å²) in [7, 11) is -6.38. The van der Waals surface area contributed by atoms with Gasteiger partial charge in [-0.2, -0.15) is 0 Å². The molecule has 0 heterocycles. The summed E-state index contributed by atoms with van der Waals surface area (Å²) in [6, 6.07) is 46.4. The number of benzene rings is 6. The van der Waals surface area contributed by atoms with E-state index in [2.05, 4.69) is 91.2 Å². The fourth-order valence-corrected chi connectivity index (χ4v) is 23.5. The van der Waals surface area contributed by atoms with Gasteiger partial charge in [0, 0.05) is 17.8 Å². The molecule has 6 rings (SSSR count). The molecule has 0 aliphatic carbocycles. The zero-order chi connectivity index (χ0) is 53.2. The van der Waals surface area contributed by atoms with Crippen LogP contribution in [-0.4, -0.2) is 43.5 Å². The van der Waals surface area contributed by atoms with Crippen molar-refractivity contribution >= 4 is 43.5 Å². The Morgan fingerprint density at radius 1 is 0.438 bits per heavy atom. The fourth-order valence-electron chi connectivity index (χ4n) is 9.44. The lowest BCUT2D eigenvalue weighted by molar-refractivity contribution is -0.131. The van der Waals surface area contributed by atoms with Gasteiger partial charge in [0.05, 0.1) is 0 Å². The van der Waals surface area contributed by atoms with E-state index in [-0.39, 0.29) is 11.4 Å². The van der Waals surface area contributed by atoms with E-state index >= 15 is 0 Å². The average molecular weight is 1040 g/mol. The van der Waals surface area contributed by atoms with Crippen molar-refractivity contribution in [3.05, 3.63) is 184 Å². The summed E-state index contributed by atoms with van der Waals surface area (Å²) in [5.41, 5.74) is 7.87. The van der Waals surface area contributed by atoms with Gasteiger partial charge in [0.2, 0.25) is 0 Å². The summed E-state index contributed by atoms with van der Waals surface area (Å²) in [6.45, 7) is 27.4. The summed E-state index contributed by atoms with van der Waals surface area (Å²) in [5.74, 6) is 1.88. The number of ether oxygens (including phenoxy) is 5. The van der Waals surface area contributed by atoms with E-state index in [1.807, 2.05) is 92.7 Å². The van der Waals surface area contributed by atoms with Crippen molar-refractivity contribution in [2.45, 2.75) is 136 Å². The molecule has 0 saturated heterocycles. The first-order chi connectivity index (χ1) is 34.3. The highest BCUT2D eigenvalue weighted by molar-refractivity contribution is 6.87. The second-order valence-corrected chi connectivity index (χ2v) is 34.2. The highest BCUT2D eigenvalue weighted by atomic mass is 28.5. The maximum Gasteiger partial charge on any atom is 0.519 e. The SMILES string of the molecule is CC(=O)Oc1ccc(CCC[Si](C)(C)O[Si](C)(C)O[Si](C)(C)CCCc2ccc(OC(=O)Oc3ccc(C(C)(C)c4ccc(OC(=O)Oc5ccc(C(C)(C)c6ccccc6)cc5)cc4)cc3)c(C)c2)cc1C. The van der Waals surface area contributed by atoms with Crippen molar-refractivity contribution in [3.63, 3.8) is 0 Å². The van der Waals surface area contributed by atoms with Crippen molar-refractivity contribution < 1.29 is 46.3 Å². The highest BCUT2D eigenvalue weighted by Gasteiger charge is 2.39. The van der Waals surface area contributed by atoms with Crippen molar-refractivity contribution in [2.75, 3.05) is 0 Å². The van der Waals surface area contributed by atoms with Crippen LogP contribution in [0.2, 0.25) is 51.4 Å². The molecule has 0 spiro atoms. The van der Waals surface area contributed by atoms with Crippen LogP contribution in [0, 0.1) is 13.8 Å². The molecule has 0 saturated carbocycles. The number of carbonyl (C=O) groups excluding carboxylic acids is 3. The standard InChI is InChI=1S/C60H74O10Si3/c1-43-41-46(23-37-55(43)64-45(3)61)19-17-39-71(8,9)69-73(12,13)70-72(10,11)40-18-20-47-24-38-56(44(2)42-47)68-58(63)67-54-35-29-51(30-36-54)60(6,7)50-27-33-53(34-28-50)66-57(62)65-52-31-25-49(26-32-52)59(4,5)48-21-15-14-16-22-48/h14-16,21-38,41-42H,17-20,39-40H2,1-13H3. The molecule has 386 valence electrons. The maximum absolute atomic E-state index is 13.0. The van der Waals surface area contributed by atoms with Crippen LogP contribution in [-0.2, 0) is 36.7 Å². The number of carbonyl (C=O) groups is 3. The molecular weight excluding hydrogens is 965 g/mol. The highest BCUT2D eigenvalue weighted by Crippen LogP contribution is 2.35. The number of hydrogen-bond acceptors (Lipinski definition) is 10. The van der Waals surface area contributed by atoms with Gasteiger partial charge in [0.25, 0.3) is 0 Å². The first-order valence-electron chi connectivity index (χ1n) is 25.2. The molecule has 0 aliphatic rings. The van der Waals surface area contributed by atoms with E-state index < -0.39 is 42.9 Å². The summed E-state index contributed by atoms with van der Waals surface area (Å²) in [6.07, 6.45) is 2.21. The molecule has 0 radical (unpaired) electrons. The largest absolute Gasteiger partial charge is 0.519 e. The number of aryl methyl sites for hydroxylation is 4. The molecule has 0 amide bonds. The van der Waals surface area contributed by atoms with E-state index in [1.54, 1.807) is 36.4 Å². The summed E-state index contributed by atoms with van der Waals surface area (Å²) in [5, 5.41) is 0. The Morgan fingerprint density at radius 2 is 0.781 bits per heavy atom. The third-order valence-electron chi connectivity index (χ3n) is 13.3. The van der Waals surface area contributed by atoms with Crippen molar-refractivity contribution in [1.29, 1.82) is 0 Å². The molecule has 6 aromatic carbocycles. The van der Waals surface area contributed by atoms with E-state index in [1.165, 1.54) is 23.6 Å². The Kier molecular flexibility index (Phi) is 18.4. The van der Waals surface area contributed by atoms with Crippen LogP contribution in [0.25, 0.3) is 0 Å². The van der Waals surface area contributed by atoms with Gasteiger partial charge < -0.3 is 31.9 Å². The van der Waals surface area contributed by atoms with Crippen LogP contribution in [0.15, 0.2) is 140 Å². The van der Waals surface area contributed by atoms with Gasteiger partial charge in [0.1, 0.15) is 28.7 Å². The Labute approximate surface area is 436 Å². The van der Waals surface area contributed by atoms with Gasteiger partial charge in [0.15, 0.2) is 16.6 Å². The van der Waals surface area contributed by atoms with Gasteiger partial charge in [-0.25, -0.2) is 9.59 Å². The van der Waals surface area contributed by atoms with E-state index in [4.69, 9.17) is 31.9 Å². The first-order valence-corrected chi connectivity index (χ1v) is 34.3. The van der Waals surface area contributed by atoms with Crippen molar-refractivity contribution in [3.8, 4) is 28.7 Å². The minimum atomic E-state index is -2.38. The van der Waals surface area contributed by atoms with E-state index in [9.17, 15) is 14.4 Å². The Bertz CT molecular complexity index is 2820. The third-order valence-corrected chi connectivity index (χ3v) is 24.8. The quantitative estimate of drug-likeness (QED) is 0.0299. The molecule has 73 heavy (non-hydrogen) atoms. The molecule has 0 bridgehead atoms. The minimum absolute atomic E-state index is 0.210. The number of esters is 1. The summed E-state index contributed by atoms with van der Waals surface area (Å²) >= 11 is 0. The van der Waals surface area contributed by atoms with Gasteiger partial charge in [-0.3, -0.25) is 4.79 Å². The van der Waals surface area contributed by atoms with Crippen LogP contribution in [0.5, 0.6) is 28.7 Å². The second-order valence-electron chi connectivity index (χ2n) is 21.7. The average Bonchev–Trinajstić information content (AvgIpc) is 3.30. The van der Waals surface area contributed by atoms with E-state index in [0.29, 0.717) is 28.7 Å². The molecule has 0 fully saturated rings. The number of rotatable bonds is 21. The molecular formula is C60H74O10Si3. The first kappa shape index (κ1) is 56.2. The zero-order valence-electron chi connectivity index (χ0n) is 45.1. The summed E-state index contributed by atoms with van der Waals surface area (Å²) < 4.78 is 41.3. The molecule has 6 aromatic rings. The van der Waals surface area contributed by atoms with Crippen molar-refractivity contribution in [1.82, 2.24) is 0 Å². The monoisotopic (exact) mass is 1040 g/mol. The molecule has 0 aliphatic heterocycles.